The normalized spacial score (nSPS) is 17.8. The van der Waals surface area contributed by atoms with Crippen molar-refractivity contribution in [3.63, 3.8) is 0 Å². The first-order valence-corrected chi connectivity index (χ1v) is 9.01. The molecule has 0 aromatic heterocycles. The van der Waals surface area contributed by atoms with E-state index in [9.17, 15) is 19.3 Å². The minimum absolute atomic E-state index is 0.0239. The van der Waals surface area contributed by atoms with Crippen LogP contribution in [0.15, 0.2) is 48.5 Å². The summed E-state index contributed by atoms with van der Waals surface area (Å²) >= 11 is 1.65. The van der Waals surface area contributed by atoms with E-state index < -0.39 is 4.92 Å². The van der Waals surface area contributed by atoms with E-state index in [1.54, 1.807) is 28.8 Å². The number of nitrogens with zero attached hydrogens (tertiary/aromatic N) is 2. The number of nitro groups is 1. The molecule has 7 heteroatoms. The van der Waals surface area contributed by atoms with Gasteiger partial charge in [-0.2, -0.15) is 11.8 Å². The summed E-state index contributed by atoms with van der Waals surface area (Å²) < 4.78 is 14.0. The Hall–Kier alpha value is -2.41. The average Bonchev–Trinajstić information content (AvgIpc) is 2.87. The lowest BCUT2D eigenvalue weighted by atomic mass is 10.1. The molecule has 3 rings (SSSR count). The molecule has 1 aliphatic rings. The average molecular weight is 360 g/mol. The van der Waals surface area contributed by atoms with Crippen LogP contribution < -0.4 is 0 Å². The zero-order valence-corrected chi connectivity index (χ0v) is 14.2. The van der Waals surface area contributed by atoms with Gasteiger partial charge in [-0.1, -0.05) is 18.2 Å². The molecule has 2 aromatic rings. The molecule has 5 nitrogen and oxygen atoms in total. The molecule has 1 fully saturated rings. The van der Waals surface area contributed by atoms with Crippen LogP contribution in [0.4, 0.5) is 10.1 Å². The monoisotopic (exact) mass is 360 g/mol. The fraction of sp³-hybridized carbons (Fsp3) is 0.278. The van der Waals surface area contributed by atoms with Gasteiger partial charge < -0.3 is 4.90 Å². The van der Waals surface area contributed by atoms with Crippen LogP contribution in [0.25, 0.3) is 0 Å². The fourth-order valence-corrected chi connectivity index (χ4v) is 4.12. The third-order valence-corrected chi connectivity index (χ3v) is 5.52. The topological polar surface area (TPSA) is 63.4 Å². The maximum Gasteiger partial charge on any atom is 0.269 e. The van der Waals surface area contributed by atoms with Gasteiger partial charge in [0.25, 0.3) is 11.6 Å². The molecule has 1 aliphatic heterocycles. The van der Waals surface area contributed by atoms with Crippen molar-refractivity contribution >= 4 is 23.4 Å². The van der Waals surface area contributed by atoms with E-state index in [4.69, 9.17) is 0 Å². The van der Waals surface area contributed by atoms with E-state index in [2.05, 4.69) is 0 Å². The zero-order valence-electron chi connectivity index (χ0n) is 13.4. The molecule has 0 aliphatic carbocycles. The standard InChI is InChI=1S/C18H17FN2O3S/c19-16-4-2-1-3-15(16)17-9-10-20(11-12-25-17)18(22)13-5-7-14(8-6-13)21(23)24/h1-8,17H,9-12H2. The highest BCUT2D eigenvalue weighted by Crippen LogP contribution is 2.35. The minimum atomic E-state index is -0.490. The molecule has 1 atom stereocenters. The predicted octanol–water partition coefficient (Wildman–Crippen LogP) is 4.05. The van der Waals surface area contributed by atoms with Crippen LogP contribution in [0.1, 0.15) is 27.6 Å². The number of benzene rings is 2. The molecule has 0 N–H and O–H groups in total. The van der Waals surface area contributed by atoms with Gasteiger partial charge >= 0.3 is 0 Å². The van der Waals surface area contributed by atoms with Gasteiger partial charge in [0.15, 0.2) is 0 Å². The van der Waals surface area contributed by atoms with Crippen LogP contribution in [-0.2, 0) is 0 Å². The van der Waals surface area contributed by atoms with Crippen molar-refractivity contribution in [1.29, 1.82) is 0 Å². The van der Waals surface area contributed by atoms with Crippen LogP contribution in [-0.4, -0.2) is 34.6 Å². The zero-order chi connectivity index (χ0) is 17.8. The summed E-state index contributed by atoms with van der Waals surface area (Å²) in [5.41, 5.74) is 1.07. The van der Waals surface area contributed by atoms with Gasteiger partial charge in [-0.25, -0.2) is 4.39 Å². The smallest absolute Gasteiger partial charge is 0.269 e. The first-order chi connectivity index (χ1) is 12.1. The van der Waals surface area contributed by atoms with E-state index in [1.165, 1.54) is 30.3 Å². The third-order valence-electron chi connectivity index (χ3n) is 4.21. The molecular weight excluding hydrogens is 343 g/mol. The number of carbonyl (C=O) groups is 1. The largest absolute Gasteiger partial charge is 0.338 e. The molecule has 0 bridgehead atoms. The highest BCUT2D eigenvalue weighted by atomic mass is 32.2. The van der Waals surface area contributed by atoms with Gasteiger partial charge in [0.2, 0.25) is 0 Å². The highest BCUT2D eigenvalue weighted by Gasteiger charge is 2.24. The maximum absolute atomic E-state index is 14.0. The Morgan fingerprint density at radius 2 is 1.88 bits per heavy atom. The van der Waals surface area contributed by atoms with Crippen molar-refractivity contribution in [2.45, 2.75) is 11.7 Å². The lowest BCUT2D eigenvalue weighted by molar-refractivity contribution is -0.384. The Labute approximate surface area is 149 Å². The molecule has 0 spiro atoms. The van der Waals surface area contributed by atoms with Crippen LogP contribution in [0.5, 0.6) is 0 Å². The number of hydrogen-bond acceptors (Lipinski definition) is 4. The first-order valence-electron chi connectivity index (χ1n) is 7.96. The summed E-state index contributed by atoms with van der Waals surface area (Å²) in [7, 11) is 0. The van der Waals surface area contributed by atoms with E-state index >= 15 is 0 Å². The van der Waals surface area contributed by atoms with Crippen molar-refractivity contribution < 1.29 is 14.1 Å². The lowest BCUT2D eigenvalue weighted by Gasteiger charge is -2.20. The van der Waals surface area contributed by atoms with Crippen molar-refractivity contribution in [3.05, 3.63) is 75.6 Å². The van der Waals surface area contributed by atoms with E-state index in [0.717, 1.165) is 5.75 Å². The minimum Gasteiger partial charge on any atom is -0.338 e. The number of halogens is 1. The van der Waals surface area contributed by atoms with Gasteiger partial charge in [-0.15, -0.1) is 0 Å². The van der Waals surface area contributed by atoms with Gasteiger partial charge in [-0.3, -0.25) is 14.9 Å². The molecule has 130 valence electrons. The maximum atomic E-state index is 14.0. The van der Waals surface area contributed by atoms with Crippen LogP contribution in [0.3, 0.4) is 0 Å². The van der Waals surface area contributed by atoms with Crippen LogP contribution in [0, 0.1) is 15.9 Å². The molecular formula is C18H17FN2O3S. The Kier molecular flexibility index (Phi) is 5.33. The van der Waals surface area contributed by atoms with E-state index in [-0.39, 0.29) is 22.7 Å². The fourth-order valence-electron chi connectivity index (χ4n) is 2.87. The molecule has 1 saturated heterocycles. The number of thioether (sulfide) groups is 1. The first kappa shape index (κ1) is 17.4. The van der Waals surface area contributed by atoms with Crippen molar-refractivity contribution in [1.82, 2.24) is 4.90 Å². The highest BCUT2D eigenvalue weighted by molar-refractivity contribution is 7.99. The molecule has 2 aromatic carbocycles. The molecule has 1 amide bonds. The molecule has 25 heavy (non-hydrogen) atoms. The van der Waals surface area contributed by atoms with Crippen molar-refractivity contribution in [3.8, 4) is 0 Å². The summed E-state index contributed by atoms with van der Waals surface area (Å²) in [6, 6.07) is 12.4. The Bertz CT molecular complexity index is 782. The number of carbonyl (C=O) groups excluding carboxylic acids is 1. The lowest BCUT2D eigenvalue weighted by Crippen LogP contribution is -2.32. The second-order valence-electron chi connectivity index (χ2n) is 5.77. The Balaban J connectivity index is 1.69. The van der Waals surface area contributed by atoms with Gasteiger partial charge in [-0.05, 0) is 24.6 Å². The Morgan fingerprint density at radius 1 is 1.16 bits per heavy atom. The van der Waals surface area contributed by atoms with Crippen molar-refractivity contribution in [2.24, 2.45) is 0 Å². The van der Waals surface area contributed by atoms with E-state index in [1.807, 2.05) is 6.07 Å². The molecule has 0 radical (unpaired) electrons. The SMILES string of the molecule is O=C(c1ccc([N+](=O)[O-])cc1)N1CCSC(c2ccccc2F)CC1. The van der Waals surface area contributed by atoms with Crippen LogP contribution in [0.2, 0.25) is 0 Å². The van der Waals surface area contributed by atoms with Gasteiger partial charge in [0.05, 0.1) is 4.92 Å². The number of amides is 1. The third kappa shape index (κ3) is 3.99. The molecule has 1 unspecified atom stereocenters. The number of rotatable bonds is 3. The van der Waals surface area contributed by atoms with Crippen molar-refractivity contribution in [2.75, 3.05) is 18.8 Å². The summed E-state index contributed by atoms with van der Waals surface area (Å²) in [6.07, 6.45) is 0.671. The second-order valence-corrected chi connectivity index (χ2v) is 7.08. The molecule has 0 saturated carbocycles. The van der Waals surface area contributed by atoms with Gasteiger partial charge in [0, 0.05) is 47.4 Å². The van der Waals surface area contributed by atoms with Crippen LogP contribution >= 0.6 is 11.8 Å². The number of nitro benzene ring substituents is 1. The second kappa shape index (κ2) is 7.65. The molecule has 1 heterocycles. The summed E-state index contributed by atoms with van der Waals surface area (Å²) in [5, 5.41) is 10.7. The van der Waals surface area contributed by atoms with Gasteiger partial charge in [0.1, 0.15) is 5.82 Å². The summed E-state index contributed by atoms with van der Waals surface area (Å²) in [6.45, 7) is 1.10. The Morgan fingerprint density at radius 3 is 2.56 bits per heavy atom. The number of hydrogen-bond donors (Lipinski definition) is 0. The summed E-state index contributed by atoms with van der Waals surface area (Å²) in [5.74, 6) is 0.359. The quantitative estimate of drug-likeness (QED) is 0.612. The number of non-ortho nitro benzene ring substituents is 1. The van der Waals surface area contributed by atoms with E-state index in [0.29, 0.717) is 30.6 Å². The summed E-state index contributed by atoms with van der Waals surface area (Å²) in [4.78, 5) is 24.6. The predicted molar refractivity (Wildman–Crippen MR) is 95.2 cm³/mol.